The Morgan fingerprint density at radius 1 is 1.18 bits per heavy atom. The summed E-state index contributed by atoms with van der Waals surface area (Å²) in [5.74, 6) is -1.65. The van der Waals surface area contributed by atoms with E-state index in [0.717, 1.165) is 10.4 Å². The first-order valence-electron chi connectivity index (χ1n) is 16.6. The minimum atomic E-state index is -3.90. The van der Waals surface area contributed by atoms with Gasteiger partial charge in [0.1, 0.15) is 29.5 Å². The molecule has 1 aromatic heterocycles. The normalized spacial score (nSPS) is 23.8. The maximum Gasteiger partial charge on any atom is 0.341 e. The molecule has 1 aliphatic heterocycles. The van der Waals surface area contributed by atoms with E-state index in [1.54, 1.807) is 59.2 Å². The number of nitrogens with one attached hydrogen (secondary N) is 3. The molecule has 50 heavy (non-hydrogen) atoms. The number of hydroxylamine groups is 2. The van der Waals surface area contributed by atoms with E-state index < -0.39 is 74.1 Å². The van der Waals surface area contributed by atoms with Crippen molar-refractivity contribution in [3.05, 3.63) is 43.1 Å². The lowest BCUT2D eigenvalue weighted by molar-refractivity contribution is -0.143. The number of nitrogens with zero attached hydrogens (tertiary/aromatic N) is 3. The van der Waals surface area contributed by atoms with Gasteiger partial charge in [-0.2, -0.15) is 0 Å². The highest BCUT2D eigenvalue weighted by Crippen LogP contribution is 2.45. The van der Waals surface area contributed by atoms with Crippen molar-refractivity contribution in [3.63, 3.8) is 0 Å². The molecule has 16 heteroatoms. The molecule has 5 atom stereocenters. The standard InChI is InChI=1S/C34H46N6O9S/c1-8-21-18-34(21,31(43)38-50(45,46)24-11-12-24)37-28(41)26-17-23(49-29-25-13-10-22(47-6)16-20(25)14-15-35-29)19-39(26)30(42)27(33(3,4)5)36-32(44)40(9-2)48-7/h8,10,13-16,21,23-24,26-27H,1,9,11-12,17-19H2,2-7H3,(H,36,44)(H,37,41)(H,38,43)/t21-,23-,26+,27-,34-/m1/s1. The van der Waals surface area contributed by atoms with E-state index in [1.807, 2.05) is 6.07 Å². The lowest BCUT2D eigenvalue weighted by Crippen LogP contribution is -2.61. The second-order valence-corrected chi connectivity index (χ2v) is 16.0. The molecule has 2 aliphatic carbocycles. The third-order valence-corrected chi connectivity index (χ3v) is 11.2. The minimum absolute atomic E-state index is 0.0204. The van der Waals surface area contributed by atoms with Crippen LogP contribution in [0.2, 0.25) is 0 Å². The molecule has 0 spiro atoms. The molecule has 3 fully saturated rings. The van der Waals surface area contributed by atoms with Gasteiger partial charge in [0.25, 0.3) is 5.91 Å². The highest BCUT2D eigenvalue weighted by molar-refractivity contribution is 7.91. The molecule has 0 bridgehead atoms. The number of ether oxygens (including phenoxy) is 2. The smallest absolute Gasteiger partial charge is 0.341 e. The average molecular weight is 715 g/mol. The molecule has 0 radical (unpaired) electrons. The second-order valence-electron chi connectivity index (χ2n) is 14.0. The van der Waals surface area contributed by atoms with Gasteiger partial charge in [-0.1, -0.05) is 26.8 Å². The Morgan fingerprint density at radius 2 is 1.90 bits per heavy atom. The van der Waals surface area contributed by atoms with E-state index in [4.69, 9.17) is 14.3 Å². The number of sulfonamides is 1. The first-order chi connectivity index (χ1) is 23.6. The Hall–Kier alpha value is -4.44. The third-order valence-electron chi connectivity index (χ3n) is 9.43. The van der Waals surface area contributed by atoms with E-state index in [-0.39, 0.29) is 31.8 Å². The number of carbonyl (C=O) groups excluding carboxylic acids is 4. The molecule has 2 heterocycles. The van der Waals surface area contributed by atoms with Crippen molar-refractivity contribution in [2.45, 2.75) is 82.4 Å². The molecule has 15 nitrogen and oxygen atoms in total. The summed E-state index contributed by atoms with van der Waals surface area (Å²) in [4.78, 5) is 66.0. The van der Waals surface area contributed by atoms with Crippen LogP contribution in [0.5, 0.6) is 11.6 Å². The van der Waals surface area contributed by atoms with Gasteiger partial charge in [-0.15, -0.1) is 6.58 Å². The van der Waals surface area contributed by atoms with Gasteiger partial charge in [-0.05, 0) is 61.3 Å². The second kappa shape index (κ2) is 14.1. The summed E-state index contributed by atoms with van der Waals surface area (Å²) in [5.41, 5.74) is -2.36. The van der Waals surface area contributed by atoms with Gasteiger partial charge >= 0.3 is 6.03 Å². The van der Waals surface area contributed by atoms with Crippen LogP contribution in [0.15, 0.2) is 43.1 Å². The number of amides is 5. The Bertz CT molecular complexity index is 1770. The Morgan fingerprint density at radius 3 is 2.48 bits per heavy atom. The number of carbonyl (C=O) groups is 4. The molecule has 2 saturated carbocycles. The maximum atomic E-state index is 14.4. The summed E-state index contributed by atoms with van der Waals surface area (Å²) < 4.78 is 39.2. The summed E-state index contributed by atoms with van der Waals surface area (Å²) >= 11 is 0. The van der Waals surface area contributed by atoms with Gasteiger partial charge in [0.05, 0.1) is 26.0 Å². The molecule has 1 saturated heterocycles. The van der Waals surface area contributed by atoms with Crippen LogP contribution in [-0.2, 0) is 29.2 Å². The molecule has 2 aromatic rings. The van der Waals surface area contributed by atoms with Gasteiger partial charge in [0.2, 0.25) is 27.7 Å². The number of methoxy groups -OCH3 is 1. The van der Waals surface area contributed by atoms with Gasteiger partial charge in [-0.25, -0.2) is 23.3 Å². The number of benzene rings is 1. The van der Waals surface area contributed by atoms with Crippen LogP contribution in [0, 0.1) is 11.3 Å². The number of fused-ring (bicyclic) bond motifs is 1. The monoisotopic (exact) mass is 714 g/mol. The van der Waals surface area contributed by atoms with E-state index >= 15 is 0 Å². The molecule has 272 valence electrons. The molecular weight excluding hydrogens is 668 g/mol. The fourth-order valence-corrected chi connectivity index (χ4v) is 7.63. The van der Waals surface area contributed by atoms with Crippen molar-refractivity contribution < 1.29 is 41.9 Å². The molecule has 5 amide bonds. The number of urea groups is 1. The minimum Gasteiger partial charge on any atom is -0.497 e. The van der Waals surface area contributed by atoms with Gasteiger partial charge in [0.15, 0.2) is 0 Å². The van der Waals surface area contributed by atoms with E-state index in [9.17, 15) is 27.6 Å². The topological polar surface area (TPSA) is 186 Å². The zero-order chi connectivity index (χ0) is 36.6. The first kappa shape index (κ1) is 36.8. The fourth-order valence-electron chi connectivity index (χ4n) is 6.27. The Kier molecular flexibility index (Phi) is 10.4. The zero-order valence-electron chi connectivity index (χ0n) is 29.2. The number of hydrogen-bond donors (Lipinski definition) is 3. The van der Waals surface area contributed by atoms with Crippen LogP contribution in [-0.4, -0.2) is 103 Å². The first-order valence-corrected chi connectivity index (χ1v) is 18.2. The van der Waals surface area contributed by atoms with Crippen LogP contribution in [0.25, 0.3) is 10.8 Å². The molecule has 0 unspecified atom stereocenters. The predicted molar refractivity (Wildman–Crippen MR) is 183 cm³/mol. The van der Waals surface area contributed by atoms with E-state index in [2.05, 4.69) is 26.9 Å². The van der Waals surface area contributed by atoms with Crippen molar-refractivity contribution in [2.75, 3.05) is 27.3 Å². The summed E-state index contributed by atoms with van der Waals surface area (Å²) in [6.07, 6.45) is 3.44. The van der Waals surface area contributed by atoms with Gasteiger partial charge < -0.3 is 25.0 Å². The highest BCUT2D eigenvalue weighted by atomic mass is 32.2. The fraction of sp³-hybridized carbons (Fsp3) is 0.559. The number of hydrogen-bond acceptors (Lipinski definition) is 10. The summed E-state index contributed by atoms with van der Waals surface area (Å²) in [6, 6.07) is 4.34. The van der Waals surface area contributed by atoms with E-state index in [1.165, 1.54) is 18.1 Å². The van der Waals surface area contributed by atoms with Gasteiger partial charge in [0, 0.05) is 30.5 Å². The predicted octanol–water partition coefficient (Wildman–Crippen LogP) is 2.27. The summed E-state index contributed by atoms with van der Waals surface area (Å²) in [5, 5.41) is 7.46. The van der Waals surface area contributed by atoms with Crippen molar-refractivity contribution in [3.8, 4) is 11.6 Å². The molecular formula is C34H46N6O9S. The Labute approximate surface area is 292 Å². The van der Waals surface area contributed by atoms with Crippen molar-refractivity contribution >= 4 is 44.5 Å². The number of likely N-dealkylation sites (tertiary alicyclic amines) is 1. The van der Waals surface area contributed by atoms with E-state index in [0.29, 0.717) is 24.0 Å². The lowest BCUT2D eigenvalue weighted by Gasteiger charge is -2.36. The van der Waals surface area contributed by atoms with Crippen LogP contribution in [0.3, 0.4) is 0 Å². The average Bonchev–Trinajstić information content (AvgIpc) is 4.00. The highest BCUT2D eigenvalue weighted by Gasteiger charge is 2.62. The van der Waals surface area contributed by atoms with Crippen molar-refractivity contribution in [1.82, 2.24) is 30.3 Å². The van der Waals surface area contributed by atoms with Crippen LogP contribution < -0.4 is 24.8 Å². The quantitative estimate of drug-likeness (QED) is 0.205. The lowest BCUT2D eigenvalue weighted by atomic mass is 9.85. The third kappa shape index (κ3) is 7.50. The zero-order valence-corrected chi connectivity index (χ0v) is 30.0. The molecule has 3 aliphatic rings. The van der Waals surface area contributed by atoms with Crippen LogP contribution in [0.4, 0.5) is 4.79 Å². The van der Waals surface area contributed by atoms with Crippen LogP contribution >= 0.6 is 0 Å². The largest absolute Gasteiger partial charge is 0.497 e. The Balaban J connectivity index is 1.45. The molecule has 3 N–H and O–H groups in total. The van der Waals surface area contributed by atoms with Crippen molar-refractivity contribution in [2.24, 2.45) is 11.3 Å². The molecule has 5 rings (SSSR count). The summed E-state index contributed by atoms with van der Waals surface area (Å²) in [6.45, 7) is 11.0. The van der Waals surface area contributed by atoms with Gasteiger partial charge in [-0.3, -0.25) is 23.9 Å². The SMILES string of the molecule is C=C[C@@H]1C[C@]1(NC(=O)[C@@H]1C[C@@H](Oc2nccc3cc(OC)ccc23)CN1C(=O)[C@@H](NC(=O)N(CC)OC)C(C)(C)C)C(=O)NS(=O)(=O)C1CC1. The van der Waals surface area contributed by atoms with Crippen LogP contribution in [0.1, 0.15) is 53.4 Å². The number of pyridine rings is 1. The summed E-state index contributed by atoms with van der Waals surface area (Å²) in [7, 11) is -0.989. The maximum absolute atomic E-state index is 14.4. The van der Waals surface area contributed by atoms with Crippen molar-refractivity contribution in [1.29, 1.82) is 0 Å². The number of aromatic nitrogens is 1. The molecule has 1 aromatic carbocycles. The number of rotatable bonds is 13.